The third-order valence-corrected chi connectivity index (χ3v) is 3.20. The summed E-state index contributed by atoms with van der Waals surface area (Å²) in [6.45, 7) is 6.51. The number of nitrogens with two attached hydrogens (primary N) is 1. The van der Waals surface area contributed by atoms with Gasteiger partial charge >= 0.3 is 0 Å². The Morgan fingerprint density at radius 1 is 1.40 bits per heavy atom. The van der Waals surface area contributed by atoms with Crippen molar-refractivity contribution < 1.29 is 4.39 Å². The normalized spacial score (nSPS) is 16.9. The molecule has 1 fully saturated rings. The molecule has 0 aromatic heterocycles. The van der Waals surface area contributed by atoms with Crippen LogP contribution < -0.4 is 10.6 Å². The van der Waals surface area contributed by atoms with Crippen LogP contribution in [0.5, 0.6) is 0 Å². The summed E-state index contributed by atoms with van der Waals surface area (Å²) in [7, 11) is 0. The third-order valence-electron chi connectivity index (χ3n) is 3.20. The zero-order valence-corrected chi connectivity index (χ0v) is 9.20. The van der Waals surface area contributed by atoms with E-state index in [2.05, 4.69) is 18.7 Å². The lowest BCUT2D eigenvalue weighted by Crippen LogP contribution is -2.49. The molecule has 0 bridgehead atoms. The van der Waals surface area contributed by atoms with E-state index in [0.717, 1.165) is 24.7 Å². The fourth-order valence-electron chi connectivity index (χ4n) is 1.86. The van der Waals surface area contributed by atoms with E-state index in [0.29, 0.717) is 5.92 Å². The van der Waals surface area contributed by atoms with Crippen molar-refractivity contribution in [2.45, 2.75) is 13.8 Å². The lowest BCUT2D eigenvalue weighted by molar-refractivity contribution is 0.309. The largest absolute Gasteiger partial charge is 0.396 e. The topological polar surface area (TPSA) is 29.3 Å². The van der Waals surface area contributed by atoms with Gasteiger partial charge in [-0.05, 0) is 30.0 Å². The first-order valence-electron chi connectivity index (χ1n) is 5.38. The van der Waals surface area contributed by atoms with E-state index in [9.17, 15) is 4.39 Å². The molecule has 0 saturated carbocycles. The Bertz CT molecular complexity index is 357. The first kappa shape index (κ1) is 10.3. The molecule has 2 rings (SSSR count). The van der Waals surface area contributed by atoms with Gasteiger partial charge in [-0.3, -0.25) is 0 Å². The first-order chi connectivity index (χ1) is 7.08. The molecular formula is C12H17FN2. The van der Waals surface area contributed by atoms with Gasteiger partial charge in [-0.2, -0.15) is 0 Å². The molecule has 0 spiro atoms. The van der Waals surface area contributed by atoms with E-state index in [1.807, 2.05) is 6.07 Å². The van der Waals surface area contributed by atoms with Crippen molar-refractivity contribution in [3.63, 3.8) is 0 Å². The van der Waals surface area contributed by atoms with Crippen molar-refractivity contribution in [2.75, 3.05) is 23.7 Å². The molecule has 3 heteroatoms. The highest BCUT2D eigenvalue weighted by Crippen LogP contribution is 2.30. The van der Waals surface area contributed by atoms with Crippen molar-refractivity contribution >= 4 is 11.4 Å². The summed E-state index contributed by atoms with van der Waals surface area (Å²) in [6.07, 6.45) is 0. The van der Waals surface area contributed by atoms with Crippen LogP contribution in [0.1, 0.15) is 13.8 Å². The molecule has 0 amide bonds. The Morgan fingerprint density at radius 3 is 2.60 bits per heavy atom. The minimum Gasteiger partial charge on any atom is -0.396 e. The van der Waals surface area contributed by atoms with Gasteiger partial charge in [-0.15, -0.1) is 0 Å². The molecule has 0 radical (unpaired) electrons. The summed E-state index contributed by atoms with van der Waals surface area (Å²) in [5.41, 5.74) is 6.60. The molecule has 1 aliphatic rings. The number of rotatable bonds is 2. The van der Waals surface area contributed by atoms with Gasteiger partial charge in [-0.1, -0.05) is 13.8 Å². The molecule has 2 nitrogen and oxygen atoms in total. The van der Waals surface area contributed by atoms with Gasteiger partial charge in [0.2, 0.25) is 0 Å². The summed E-state index contributed by atoms with van der Waals surface area (Å²) < 4.78 is 13.2. The number of nitrogens with zero attached hydrogens (tertiary/aromatic N) is 1. The number of hydrogen-bond acceptors (Lipinski definition) is 2. The molecular weight excluding hydrogens is 191 g/mol. The zero-order valence-electron chi connectivity index (χ0n) is 9.20. The van der Waals surface area contributed by atoms with Crippen molar-refractivity contribution in [3.05, 3.63) is 24.0 Å². The maximum Gasteiger partial charge on any atom is 0.148 e. The molecule has 1 aromatic carbocycles. The van der Waals surface area contributed by atoms with E-state index in [4.69, 9.17) is 5.73 Å². The molecule has 1 saturated heterocycles. The quantitative estimate of drug-likeness (QED) is 0.757. The second-order valence-corrected chi connectivity index (χ2v) is 4.61. The number of nitrogen functional groups attached to an aromatic ring is 1. The van der Waals surface area contributed by atoms with Crippen LogP contribution in [-0.4, -0.2) is 13.1 Å². The number of benzene rings is 1. The van der Waals surface area contributed by atoms with Crippen LogP contribution in [0.2, 0.25) is 0 Å². The Labute approximate surface area is 89.9 Å². The lowest BCUT2D eigenvalue weighted by Gasteiger charge is -2.43. The summed E-state index contributed by atoms with van der Waals surface area (Å²) in [4.78, 5) is 2.19. The van der Waals surface area contributed by atoms with Crippen LogP contribution in [0, 0.1) is 17.7 Å². The molecule has 1 aliphatic heterocycles. The summed E-state index contributed by atoms with van der Waals surface area (Å²) in [5, 5.41) is 0. The average molecular weight is 208 g/mol. The lowest BCUT2D eigenvalue weighted by atomic mass is 9.88. The second kappa shape index (κ2) is 3.72. The van der Waals surface area contributed by atoms with Gasteiger partial charge in [-0.25, -0.2) is 4.39 Å². The van der Waals surface area contributed by atoms with E-state index >= 15 is 0 Å². The van der Waals surface area contributed by atoms with E-state index in [1.165, 1.54) is 6.07 Å². The van der Waals surface area contributed by atoms with Crippen molar-refractivity contribution in [1.82, 2.24) is 0 Å². The SMILES string of the molecule is CC(C)C1CN(c2ccc(N)c(F)c2)C1. The maximum absolute atomic E-state index is 13.2. The van der Waals surface area contributed by atoms with Crippen LogP contribution in [0.3, 0.4) is 0 Å². The van der Waals surface area contributed by atoms with Gasteiger partial charge < -0.3 is 10.6 Å². The van der Waals surface area contributed by atoms with Crippen molar-refractivity contribution in [1.29, 1.82) is 0 Å². The fraction of sp³-hybridized carbons (Fsp3) is 0.500. The van der Waals surface area contributed by atoms with Crippen LogP contribution in [0.15, 0.2) is 18.2 Å². The van der Waals surface area contributed by atoms with Crippen molar-refractivity contribution in [2.24, 2.45) is 11.8 Å². The number of hydrogen-bond donors (Lipinski definition) is 1. The predicted molar refractivity (Wildman–Crippen MR) is 61.4 cm³/mol. The fourth-order valence-corrected chi connectivity index (χ4v) is 1.86. The van der Waals surface area contributed by atoms with Crippen LogP contribution in [-0.2, 0) is 0 Å². The van der Waals surface area contributed by atoms with E-state index in [1.54, 1.807) is 6.07 Å². The van der Waals surface area contributed by atoms with Gasteiger partial charge in [0.05, 0.1) is 5.69 Å². The maximum atomic E-state index is 13.2. The summed E-state index contributed by atoms with van der Waals surface area (Å²) >= 11 is 0. The van der Waals surface area contributed by atoms with Crippen LogP contribution >= 0.6 is 0 Å². The standard InChI is InChI=1S/C12H17FN2/c1-8(2)9-6-15(7-9)10-3-4-12(14)11(13)5-10/h3-5,8-9H,6-7,14H2,1-2H3. The molecule has 0 atom stereocenters. The molecule has 15 heavy (non-hydrogen) atoms. The molecule has 0 unspecified atom stereocenters. The molecule has 2 N–H and O–H groups in total. The molecule has 1 aromatic rings. The van der Waals surface area contributed by atoms with Gasteiger partial charge in [0.25, 0.3) is 0 Å². The van der Waals surface area contributed by atoms with Gasteiger partial charge in [0, 0.05) is 18.8 Å². The van der Waals surface area contributed by atoms with E-state index < -0.39 is 0 Å². The first-order valence-corrected chi connectivity index (χ1v) is 5.38. The Kier molecular flexibility index (Phi) is 2.55. The second-order valence-electron chi connectivity index (χ2n) is 4.61. The Morgan fingerprint density at radius 2 is 2.07 bits per heavy atom. The third kappa shape index (κ3) is 1.91. The molecule has 82 valence electrons. The zero-order chi connectivity index (χ0) is 11.0. The van der Waals surface area contributed by atoms with E-state index in [-0.39, 0.29) is 11.5 Å². The Hall–Kier alpha value is -1.25. The molecule has 0 aliphatic carbocycles. The molecule has 1 heterocycles. The van der Waals surface area contributed by atoms with Crippen molar-refractivity contribution in [3.8, 4) is 0 Å². The Balaban J connectivity index is 2.04. The number of halogens is 1. The average Bonchev–Trinajstić information content (AvgIpc) is 2.08. The highest BCUT2D eigenvalue weighted by molar-refractivity contribution is 5.55. The minimum absolute atomic E-state index is 0.222. The number of anilines is 2. The minimum atomic E-state index is -0.319. The monoisotopic (exact) mass is 208 g/mol. The van der Waals surface area contributed by atoms with Crippen LogP contribution in [0.4, 0.5) is 15.8 Å². The summed E-state index contributed by atoms with van der Waals surface area (Å²) in [6, 6.07) is 5.04. The van der Waals surface area contributed by atoms with Gasteiger partial charge in [0.15, 0.2) is 0 Å². The predicted octanol–water partition coefficient (Wildman–Crippen LogP) is 2.50. The van der Waals surface area contributed by atoms with Crippen LogP contribution in [0.25, 0.3) is 0 Å². The highest BCUT2D eigenvalue weighted by atomic mass is 19.1. The summed E-state index contributed by atoms with van der Waals surface area (Å²) in [5.74, 6) is 1.13. The smallest absolute Gasteiger partial charge is 0.148 e. The highest BCUT2D eigenvalue weighted by Gasteiger charge is 2.29. The van der Waals surface area contributed by atoms with Gasteiger partial charge in [0.1, 0.15) is 5.82 Å².